The summed E-state index contributed by atoms with van der Waals surface area (Å²) in [6, 6.07) is 8.71. The van der Waals surface area contributed by atoms with E-state index in [1.807, 2.05) is 24.3 Å². The maximum atomic E-state index is 11.3. The van der Waals surface area contributed by atoms with E-state index in [9.17, 15) is 20.2 Å². The zero-order chi connectivity index (χ0) is 15.1. The van der Waals surface area contributed by atoms with E-state index in [2.05, 4.69) is 5.32 Å². The van der Waals surface area contributed by atoms with Gasteiger partial charge >= 0.3 is 5.69 Å². The first-order valence-corrected chi connectivity index (χ1v) is 6.81. The van der Waals surface area contributed by atoms with Gasteiger partial charge in [-0.25, -0.2) is 0 Å². The quantitative estimate of drug-likeness (QED) is 0.567. The molecule has 0 bridgehead atoms. The summed E-state index contributed by atoms with van der Waals surface area (Å²) < 4.78 is 0. The Morgan fingerprint density at radius 3 is 2.48 bits per heavy atom. The Labute approximate surface area is 123 Å². The van der Waals surface area contributed by atoms with Crippen molar-refractivity contribution in [3.05, 3.63) is 56.1 Å². The van der Waals surface area contributed by atoms with E-state index in [1.54, 1.807) is 0 Å². The number of benzene rings is 2. The Morgan fingerprint density at radius 2 is 1.81 bits per heavy atom. The monoisotopic (exact) mass is 303 g/mol. The summed E-state index contributed by atoms with van der Waals surface area (Å²) >= 11 is 1.28. The van der Waals surface area contributed by atoms with Crippen LogP contribution in [0, 0.1) is 27.2 Å². The molecule has 21 heavy (non-hydrogen) atoms. The van der Waals surface area contributed by atoms with Gasteiger partial charge in [-0.1, -0.05) is 23.9 Å². The van der Waals surface area contributed by atoms with Gasteiger partial charge in [-0.05, 0) is 19.1 Å². The fourth-order valence-corrected chi connectivity index (χ4v) is 3.29. The molecule has 7 nitrogen and oxygen atoms in total. The van der Waals surface area contributed by atoms with Gasteiger partial charge in [0.2, 0.25) is 0 Å². The Hall–Kier alpha value is -2.61. The molecule has 0 saturated heterocycles. The summed E-state index contributed by atoms with van der Waals surface area (Å²) in [5, 5.41) is 25.4. The molecule has 0 radical (unpaired) electrons. The Bertz CT molecular complexity index is 791. The first-order chi connectivity index (χ1) is 9.99. The second-order valence-corrected chi connectivity index (χ2v) is 5.56. The minimum Gasteiger partial charge on any atom is -0.348 e. The summed E-state index contributed by atoms with van der Waals surface area (Å²) in [7, 11) is 0. The van der Waals surface area contributed by atoms with Crippen LogP contribution in [0.3, 0.4) is 0 Å². The molecule has 3 rings (SSSR count). The van der Waals surface area contributed by atoms with E-state index in [0.717, 1.165) is 10.6 Å². The highest BCUT2D eigenvalue weighted by Gasteiger charge is 2.32. The van der Waals surface area contributed by atoms with Crippen molar-refractivity contribution >= 4 is 34.5 Å². The van der Waals surface area contributed by atoms with Crippen molar-refractivity contribution in [1.29, 1.82) is 0 Å². The van der Waals surface area contributed by atoms with E-state index >= 15 is 0 Å². The Kier molecular flexibility index (Phi) is 3.02. The number of fused-ring (bicyclic) bond motifs is 2. The number of anilines is 2. The number of para-hydroxylation sites is 1. The van der Waals surface area contributed by atoms with Crippen LogP contribution in [0.25, 0.3) is 0 Å². The fraction of sp³-hybridized carbons (Fsp3) is 0.0769. The predicted octanol–water partition coefficient (Wildman–Crippen LogP) is 4.02. The molecule has 0 aliphatic carbocycles. The summed E-state index contributed by atoms with van der Waals surface area (Å²) in [5.74, 6) is 0. The van der Waals surface area contributed by atoms with Gasteiger partial charge < -0.3 is 5.32 Å². The fourth-order valence-electron chi connectivity index (χ4n) is 2.26. The van der Waals surface area contributed by atoms with Gasteiger partial charge in [0, 0.05) is 15.9 Å². The van der Waals surface area contributed by atoms with Crippen molar-refractivity contribution in [2.45, 2.75) is 16.7 Å². The summed E-state index contributed by atoms with van der Waals surface area (Å²) in [4.78, 5) is 22.6. The molecule has 1 aliphatic heterocycles. The van der Waals surface area contributed by atoms with Crippen molar-refractivity contribution < 1.29 is 9.85 Å². The topological polar surface area (TPSA) is 98.3 Å². The molecular weight excluding hydrogens is 294 g/mol. The SMILES string of the molecule is Cc1c([N+](=O)[O-])cc2c(c1[N+](=O)[O-])Nc1ccccc1S2. The minimum absolute atomic E-state index is 0.0521. The maximum Gasteiger partial charge on any atom is 0.303 e. The van der Waals surface area contributed by atoms with Gasteiger partial charge in [0.05, 0.1) is 15.5 Å². The van der Waals surface area contributed by atoms with E-state index in [4.69, 9.17) is 0 Å². The van der Waals surface area contributed by atoms with E-state index in [-0.39, 0.29) is 16.9 Å². The number of nitrogens with zero attached hydrogens (tertiary/aromatic N) is 2. The van der Waals surface area contributed by atoms with Crippen LogP contribution in [0.15, 0.2) is 40.1 Å². The van der Waals surface area contributed by atoms with Gasteiger partial charge in [0.25, 0.3) is 5.69 Å². The number of hydrogen-bond acceptors (Lipinski definition) is 6. The average molecular weight is 303 g/mol. The molecule has 1 N–H and O–H groups in total. The van der Waals surface area contributed by atoms with Crippen LogP contribution in [-0.4, -0.2) is 9.85 Å². The van der Waals surface area contributed by atoms with Crippen molar-refractivity contribution in [3.63, 3.8) is 0 Å². The van der Waals surface area contributed by atoms with Crippen LogP contribution in [0.2, 0.25) is 0 Å². The van der Waals surface area contributed by atoms with Crippen molar-refractivity contribution in [1.82, 2.24) is 0 Å². The third-order valence-electron chi connectivity index (χ3n) is 3.24. The first-order valence-electron chi connectivity index (χ1n) is 5.99. The molecule has 2 aromatic rings. The van der Waals surface area contributed by atoms with Crippen LogP contribution < -0.4 is 5.32 Å². The molecule has 0 spiro atoms. The highest BCUT2D eigenvalue weighted by atomic mass is 32.2. The van der Waals surface area contributed by atoms with Crippen molar-refractivity contribution in [2.24, 2.45) is 0 Å². The second-order valence-electron chi connectivity index (χ2n) is 4.48. The number of rotatable bonds is 2. The summed E-state index contributed by atoms with van der Waals surface area (Å²) in [5.41, 5.74) is 0.629. The van der Waals surface area contributed by atoms with Crippen LogP contribution in [0.5, 0.6) is 0 Å². The zero-order valence-corrected chi connectivity index (χ0v) is 11.6. The molecule has 0 amide bonds. The number of hydrogen-bond donors (Lipinski definition) is 1. The minimum atomic E-state index is -0.594. The number of nitro benzene ring substituents is 2. The number of nitrogens with one attached hydrogen (secondary N) is 1. The number of nitro groups is 2. The van der Waals surface area contributed by atoms with Gasteiger partial charge in [-0.3, -0.25) is 20.2 Å². The summed E-state index contributed by atoms with van der Waals surface area (Å²) in [6.07, 6.45) is 0. The summed E-state index contributed by atoms with van der Waals surface area (Å²) in [6.45, 7) is 1.39. The van der Waals surface area contributed by atoms with Crippen molar-refractivity contribution in [3.8, 4) is 0 Å². The average Bonchev–Trinajstić information content (AvgIpc) is 2.43. The molecular formula is C13H9N3O4S. The molecule has 0 aromatic heterocycles. The van der Waals surface area contributed by atoms with Crippen LogP contribution >= 0.6 is 11.8 Å². The molecule has 0 atom stereocenters. The van der Waals surface area contributed by atoms with Crippen LogP contribution in [0.4, 0.5) is 22.7 Å². The molecule has 2 aromatic carbocycles. The molecule has 8 heteroatoms. The Morgan fingerprint density at radius 1 is 1.10 bits per heavy atom. The lowest BCUT2D eigenvalue weighted by Gasteiger charge is -2.20. The normalized spacial score (nSPS) is 12.0. The largest absolute Gasteiger partial charge is 0.348 e. The molecule has 0 unspecified atom stereocenters. The highest BCUT2D eigenvalue weighted by molar-refractivity contribution is 7.99. The lowest BCUT2D eigenvalue weighted by molar-refractivity contribution is -0.395. The van der Waals surface area contributed by atoms with E-state index < -0.39 is 9.85 Å². The van der Waals surface area contributed by atoms with Gasteiger partial charge in [0.1, 0.15) is 11.3 Å². The van der Waals surface area contributed by atoms with Crippen molar-refractivity contribution in [2.75, 3.05) is 5.32 Å². The standard InChI is InChI=1S/C13H9N3O4S/c1-7-9(15(17)18)6-11-12(13(7)16(19)20)14-8-4-2-3-5-10(8)21-11/h2-6,14H,1H3. The smallest absolute Gasteiger partial charge is 0.303 e. The molecule has 1 heterocycles. The molecule has 0 fully saturated rings. The molecule has 0 saturated carbocycles. The van der Waals surface area contributed by atoms with Gasteiger partial charge in [-0.15, -0.1) is 0 Å². The predicted molar refractivity (Wildman–Crippen MR) is 78.3 cm³/mol. The lowest BCUT2D eigenvalue weighted by atomic mass is 10.1. The third kappa shape index (κ3) is 2.09. The highest BCUT2D eigenvalue weighted by Crippen LogP contribution is 2.50. The lowest BCUT2D eigenvalue weighted by Crippen LogP contribution is -2.07. The van der Waals surface area contributed by atoms with Crippen LogP contribution in [0.1, 0.15) is 5.56 Å². The molecule has 106 valence electrons. The second kappa shape index (κ2) is 4.74. The zero-order valence-electron chi connectivity index (χ0n) is 10.8. The molecule has 1 aliphatic rings. The van der Waals surface area contributed by atoms with Gasteiger partial charge in [-0.2, -0.15) is 0 Å². The maximum absolute atomic E-state index is 11.3. The van der Waals surface area contributed by atoms with E-state index in [1.165, 1.54) is 24.8 Å². The first kappa shape index (κ1) is 13.4. The van der Waals surface area contributed by atoms with Crippen LogP contribution in [-0.2, 0) is 0 Å². The van der Waals surface area contributed by atoms with Gasteiger partial charge in [0.15, 0.2) is 0 Å². The third-order valence-corrected chi connectivity index (χ3v) is 4.35. The Balaban J connectivity index is 2.26. The van der Waals surface area contributed by atoms with E-state index in [0.29, 0.717) is 10.6 Å².